The normalized spacial score (nSPS) is 16.2. The average molecular weight is 168 g/mol. The Bertz CT molecular complexity index is 145. The predicted octanol–water partition coefficient (Wildman–Crippen LogP) is 0.339. The molecule has 0 aliphatic carbocycles. The Kier molecular flexibility index (Phi) is 4.47. The molecule has 0 aromatic heterocycles. The SMILES string of the molecule is CCOP(=O)(O)OCC=O. The molecule has 1 N–H and O–H groups in total. The fourth-order valence-electron chi connectivity index (χ4n) is 0.325. The highest BCUT2D eigenvalue weighted by molar-refractivity contribution is 7.47. The second-order valence-electron chi connectivity index (χ2n) is 1.35. The summed E-state index contributed by atoms with van der Waals surface area (Å²) in [6.45, 7) is 1.20. The third-order valence-electron chi connectivity index (χ3n) is 0.598. The minimum Gasteiger partial charge on any atom is -0.302 e. The molecule has 0 saturated heterocycles. The van der Waals surface area contributed by atoms with Gasteiger partial charge in [-0.2, -0.15) is 0 Å². The molecule has 0 amide bonds. The van der Waals surface area contributed by atoms with Gasteiger partial charge in [-0.05, 0) is 6.92 Å². The Morgan fingerprint density at radius 1 is 1.60 bits per heavy atom. The number of carbonyl (C=O) groups is 1. The molecule has 0 saturated carbocycles. The molecule has 0 aliphatic rings. The zero-order valence-corrected chi connectivity index (χ0v) is 6.41. The third kappa shape index (κ3) is 4.64. The lowest BCUT2D eigenvalue weighted by Crippen LogP contribution is -1.96. The molecule has 0 fully saturated rings. The highest BCUT2D eigenvalue weighted by Crippen LogP contribution is 2.42. The van der Waals surface area contributed by atoms with Gasteiger partial charge in [-0.25, -0.2) is 4.57 Å². The Morgan fingerprint density at radius 2 is 2.20 bits per heavy atom. The van der Waals surface area contributed by atoms with Crippen LogP contribution in [0.25, 0.3) is 0 Å². The summed E-state index contributed by atoms with van der Waals surface area (Å²) in [5.74, 6) is 0. The van der Waals surface area contributed by atoms with Crippen molar-refractivity contribution in [2.45, 2.75) is 6.92 Å². The van der Waals surface area contributed by atoms with Gasteiger partial charge in [0.15, 0.2) is 0 Å². The van der Waals surface area contributed by atoms with E-state index >= 15 is 0 Å². The van der Waals surface area contributed by atoms with Crippen molar-refractivity contribution in [1.29, 1.82) is 0 Å². The summed E-state index contributed by atoms with van der Waals surface area (Å²) in [5.41, 5.74) is 0. The van der Waals surface area contributed by atoms with Gasteiger partial charge in [-0.15, -0.1) is 0 Å². The van der Waals surface area contributed by atoms with E-state index in [4.69, 9.17) is 4.89 Å². The van der Waals surface area contributed by atoms with Gasteiger partial charge < -0.3 is 9.69 Å². The van der Waals surface area contributed by atoms with Crippen molar-refractivity contribution >= 4 is 14.1 Å². The molecule has 0 aliphatic heterocycles. The van der Waals surface area contributed by atoms with E-state index in [1.807, 2.05) is 0 Å². The third-order valence-corrected chi connectivity index (χ3v) is 1.66. The van der Waals surface area contributed by atoms with Gasteiger partial charge in [0, 0.05) is 0 Å². The first kappa shape index (κ1) is 9.78. The number of aldehydes is 1. The van der Waals surface area contributed by atoms with Crippen LogP contribution in [-0.2, 0) is 18.4 Å². The minimum absolute atomic E-state index is 0.0760. The van der Waals surface area contributed by atoms with Gasteiger partial charge in [-0.1, -0.05) is 0 Å². The maximum atomic E-state index is 10.5. The monoisotopic (exact) mass is 168 g/mol. The van der Waals surface area contributed by atoms with E-state index in [9.17, 15) is 9.36 Å². The van der Waals surface area contributed by atoms with Gasteiger partial charge in [0.1, 0.15) is 12.9 Å². The molecule has 6 heteroatoms. The molecule has 1 unspecified atom stereocenters. The Balaban J connectivity index is 3.63. The Labute approximate surface area is 58.6 Å². The largest absolute Gasteiger partial charge is 0.472 e. The van der Waals surface area contributed by atoms with Crippen molar-refractivity contribution in [1.82, 2.24) is 0 Å². The Hall–Kier alpha value is -0.220. The summed E-state index contributed by atoms with van der Waals surface area (Å²) in [6.07, 6.45) is 0.377. The molecule has 0 heterocycles. The maximum Gasteiger partial charge on any atom is 0.472 e. The second kappa shape index (κ2) is 4.57. The zero-order valence-electron chi connectivity index (χ0n) is 5.52. The van der Waals surface area contributed by atoms with Crippen molar-refractivity contribution in [2.24, 2.45) is 0 Å². The smallest absolute Gasteiger partial charge is 0.302 e. The van der Waals surface area contributed by atoms with Crippen LogP contribution >= 0.6 is 7.82 Å². The second-order valence-corrected chi connectivity index (χ2v) is 2.80. The average Bonchev–Trinajstić information content (AvgIpc) is 1.84. The lowest BCUT2D eigenvalue weighted by molar-refractivity contribution is -0.110. The standard InChI is InChI=1S/C4H9O5P/c1-2-8-10(6,7)9-4-3-5/h3H,2,4H2,1H3,(H,6,7). The molecule has 0 aromatic carbocycles. The van der Waals surface area contributed by atoms with Crippen LogP contribution in [-0.4, -0.2) is 24.4 Å². The predicted molar refractivity (Wildman–Crippen MR) is 33.5 cm³/mol. The summed E-state index contributed by atoms with van der Waals surface area (Å²) in [5, 5.41) is 0. The highest BCUT2D eigenvalue weighted by Gasteiger charge is 2.18. The summed E-state index contributed by atoms with van der Waals surface area (Å²) in [7, 11) is -3.94. The minimum atomic E-state index is -3.94. The fourth-order valence-corrected chi connectivity index (χ4v) is 0.975. The van der Waals surface area contributed by atoms with Crippen LogP contribution in [0.2, 0.25) is 0 Å². The van der Waals surface area contributed by atoms with E-state index < -0.39 is 14.4 Å². The summed E-state index contributed by atoms with van der Waals surface area (Å²) < 4.78 is 18.9. The quantitative estimate of drug-likeness (QED) is 0.473. The van der Waals surface area contributed by atoms with Crippen LogP contribution in [0.15, 0.2) is 0 Å². The molecule has 0 rings (SSSR count). The number of hydrogen-bond acceptors (Lipinski definition) is 4. The van der Waals surface area contributed by atoms with Crippen molar-refractivity contribution in [3.63, 3.8) is 0 Å². The van der Waals surface area contributed by atoms with Crippen LogP contribution in [0.3, 0.4) is 0 Å². The van der Waals surface area contributed by atoms with Crippen LogP contribution in [0.4, 0.5) is 0 Å². The van der Waals surface area contributed by atoms with Gasteiger partial charge in [0.25, 0.3) is 0 Å². The first-order valence-electron chi connectivity index (χ1n) is 2.68. The van der Waals surface area contributed by atoms with Gasteiger partial charge in [-0.3, -0.25) is 9.05 Å². The number of phosphoric acid groups is 1. The maximum absolute atomic E-state index is 10.5. The van der Waals surface area contributed by atoms with Crippen LogP contribution in [0.5, 0.6) is 0 Å². The van der Waals surface area contributed by atoms with Gasteiger partial charge in [0.2, 0.25) is 0 Å². The van der Waals surface area contributed by atoms with E-state index in [0.29, 0.717) is 6.29 Å². The lowest BCUT2D eigenvalue weighted by Gasteiger charge is -2.07. The molecule has 0 aromatic rings. The van der Waals surface area contributed by atoms with Crippen molar-refractivity contribution in [3.05, 3.63) is 0 Å². The fraction of sp³-hybridized carbons (Fsp3) is 0.750. The molecule has 60 valence electrons. The molecular weight excluding hydrogens is 159 g/mol. The van der Waals surface area contributed by atoms with Crippen molar-refractivity contribution in [2.75, 3.05) is 13.2 Å². The molecule has 1 atom stereocenters. The number of phosphoric ester groups is 1. The molecular formula is C4H9O5P. The van der Waals surface area contributed by atoms with Crippen LogP contribution < -0.4 is 0 Å². The molecule has 0 spiro atoms. The van der Waals surface area contributed by atoms with E-state index in [1.54, 1.807) is 6.92 Å². The first-order chi connectivity index (χ1) is 4.62. The molecule has 5 nitrogen and oxygen atoms in total. The number of hydrogen-bond donors (Lipinski definition) is 1. The van der Waals surface area contributed by atoms with E-state index in [0.717, 1.165) is 0 Å². The van der Waals surface area contributed by atoms with Crippen LogP contribution in [0.1, 0.15) is 6.92 Å². The van der Waals surface area contributed by atoms with Crippen molar-refractivity contribution < 1.29 is 23.3 Å². The first-order valence-corrected chi connectivity index (χ1v) is 4.17. The lowest BCUT2D eigenvalue weighted by atomic mass is 10.9. The van der Waals surface area contributed by atoms with Crippen LogP contribution in [0, 0.1) is 0 Å². The number of rotatable bonds is 5. The molecule has 0 bridgehead atoms. The summed E-state index contributed by atoms with van der Waals surface area (Å²) in [4.78, 5) is 18.2. The highest BCUT2D eigenvalue weighted by atomic mass is 31.2. The zero-order chi connectivity index (χ0) is 8.04. The number of carbonyl (C=O) groups excluding carboxylic acids is 1. The van der Waals surface area contributed by atoms with E-state index in [-0.39, 0.29) is 6.61 Å². The summed E-state index contributed by atoms with van der Waals surface area (Å²) in [6, 6.07) is 0. The van der Waals surface area contributed by atoms with E-state index in [2.05, 4.69) is 9.05 Å². The van der Waals surface area contributed by atoms with Gasteiger partial charge in [0.05, 0.1) is 6.61 Å². The molecule has 10 heavy (non-hydrogen) atoms. The van der Waals surface area contributed by atoms with Crippen molar-refractivity contribution in [3.8, 4) is 0 Å². The Morgan fingerprint density at radius 3 is 2.60 bits per heavy atom. The van der Waals surface area contributed by atoms with Gasteiger partial charge >= 0.3 is 7.82 Å². The summed E-state index contributed by atoms with van der Waals surface area (Å²) >= 11 is 0. The molecule has 0 radical (unpaired) electrons. The topological polar surface area (TPSA) is 72.8 Å². The van der Waals surface area contributed by atoms with E-state index in [1.165, 1.54) is 0 Å².